The van der Waals surface area contributed by atoms with Crippen molar-refractivity contribution in [2.45, 2.75) is 25.9 Å². The first kappa shape index (κ1) is 21.6. The zero-order valence-electron chi connectivity index (χ0n) is 18.2. The van der Waals surface area contributed by atoms with Crippen LogP contribution in [0.2, 0.25) is 0 Å². The summed E-state index contributed by atoms with van der Waals surface area (Å²) in [6.07, 6.45) is 1.66. The minimum atomic E-state index is -0.149. The van der Waals surface area contributed by atoms with Gasteiger partial charge in [0.1, 0.15) is 12.1 Å². The highest BCUT2D eigenvalue weighted by Gasteiger charge is 2.13. The van der Waals surface area contributed by atoms with Crippen LogP contribution >= 0.6 is 11.8 Å². The van der Waals surface area contributed by atoms with Gasteiger partial charge in [0.25, 0.3) is 0 Å². The van der Waals surface area contributed by atoms with E-state index in [2.05, 4.69) is 41.5 Å². The van der Waals surface area contributed by atoms with Gasteiger partial charge in [-0.1, -0.05) is 47.7 Å². The van der Waals surface area contributed by atoms with Gasteiger partial charge in [0, 0.05) is 5.69 Å². The van der Waals surface area contributed by atoms with Gasteiger partial charge in [0.15, 0.2) is 10.9 Å². The van der Waals surface area contributed by atoms with Crippen molar-refractivity contribution in [3.05, 3.63) is 89.7 Å². The number of aryl methyl sites for hydroxylation is 3. The van der Waals surface area contributed by atoms with E-state index >= 15 is 0 Å². The normalized spacial score (nSPS) is 10.7. The molecule has 32 heavy (non-hydrogen) atoms. The molecule has 0 saturated carbocycles. The van der Waals surface area contributed by atoms with Gasteiger partial charge in [0.05, 0.1) is 11.4 Å². The van der Waals surface area contributed by atoms with Gasteiger partial charge in [-0.3, -0.25) is 9.36 Å². The lowest BCUT2D eigenvalue weighted by molar-refractivity contribution is -0.113. The van der Waals surface area contributed by atoms with Crippen LogP contribution in [0, 0.1) is 20.8 Å². The van der Waals surface area contributed by atoms with E-state index in [-0.39, 0.29) is 11.7 Å². The largest absolute Gasteiger partial charge is 0.455 e. The Balaban J connectivity index is 1.42. The molecule has 0 aliphatic rings. The number of anilines is 1. The Morgan fingerprint density at radius 2 is 1.78 bits per heavy atom. The van der Waals surface area contributed by atoms with Gasteiger partial charge < -0.3 is 10.1 Å². The molecule has 0 radical (unpaired) electrons. The molecule has 4 rings (SSSR count). The molecule has 0 aliphatic heterocycles. The van der Waals surface area contributed by atoms with E-state index in [9.17, 15) is 4.79 Å². The van der Waals surface area contributed by atoms with Gasteiger partial charge in [-0.25, -0.2) is 0 Å². The number of rotatable bonds is 7. The summed E-state index contributed by atoms with van der Waals surface area (Å²) in [7, 11) is 0. The molecular weight excluding hydrogens is 420 g/mol. The van der Waals surface area contributed by atoms with E-state index in [4.69, 9.17) is 4.74 Å². The number of benzene rings is 3. The summed E-state index contributed by atoms with van der Waals surface area (Å²) < 4.78 is 7.85. The quantitative estimate of drug-likeness (QED) is 0.370. The second-order valence-corrected chi connectivity index (χ2v) is 8.44. The number of nitrogens with zero attached hydrogens (tertiary/aromatic N) is 3. The van der Waals surface area contributed by atoms with E-state index in [0.29, 0.717) is 22.3 Å². The molecule has 1 aromatic heterocycles. The van der Waals surface area contributed by atoms with Crippen LogP contribution in [0.3, 0.4) is 0 Å². The van der Waals surface area contributed by atoms with E-state index < -0.39 is 0 Å². The summed E-state index contributed by atoms with van der Waals surface area (Å²) in [6.45, 7) is 6.17. The van der Waals surface area contributed by atoms with Crippen molar-refractivity contribution in [2.75, 3.05) is 11.1 Å². The summed E-state index contributed by atoms with van der Waals surface area (Å²) in [5.74, 6) is 1.35. The number of hydrogen-bond donors (Lipinski definition) is 1. The maximum Gasteiger partial charge on any atom is 0.234 e. The Morgan fingerprint density at radius 1 is 1.00 bits per heavy atom. The first-order chi connectivity index (χ1) is 15.5. The number of para-hydroxylation sites is 2. The molecule has 4 aromatic rings. The molecular formula is C25H24N4O2S. The van der Waals surface area contributed by atoms with Gasteiger partial charge >= 0.3 is 0 Å². The van der Waals surface area contributed by atoms with Crippen molar-refractivity contribution in [2.24, 2.45) is 0 Å². The summed E-state index contributed by atoms with van der Waals surface area (Å²) in [4.78, 5) is 12.7. The smallest absolute Gasteiger partial charge is 0.234 e. The average molecular weight is 445 g/mol. The van der Waals surface area contributed by atoms with Crippen molar-refractivity contribution in [3.8, 4) is 17.2 Å². The van der Waals surface area contributed by atoms with Crippen molar-refractivity contribution in [1.29, 1.82) is 0 Å². The zero-order valence-corrected chi connectivity index (χ0v) is 19.0. The predicted molar refractivity (Wildman–Crippen MR) is 128 cm³/mol. The van der Waals surface area contributed by atoms with Gasteiger partial charge in [0.2, 0.25) is 5.91 Å². The minimum absolute atomic E-state index is 0.149. The fraction of sp³-hybridized carbons (Fsp3) is 0.160. The molecule has 0 aliphatic carbocycles. The van der Waals surface area contributed by atoms with Gasteiger partial charge in [-0.2, -0.15) is 0 Å². The monoisotopic (exact) mass is 444 g/mol. The molecule has 1 N–H and O–H groups in total. The Labute approximate surface area is 191 Å². The van der Waals surface area contributed by atoms with Crippen LogP contribution in [0.15, 0.2) is 78.2 Å². The molecule has 0 saturated heterocycles. The molecule has 162 valence electrons. The molecule has 0 spiro atoms. The highest BCUT2D eigenvalue weighted by Crippen LogP contribution is 2.30. The third-order valence-corrected chi connectivity index (χ3v) is 5.97. The van der Waals surface area contributed by atoms with Crippen molar-refractivity contribution >= 4 is 23.4 Å². The van der Waals surface area contributed by atoms with Crippen molar-refractivity contribution in [3.63, 3.8) is 0 Å². The summed E-state index contributed by atoms with van der Waals surface area (Å²) >= 11 is 1.33. The highest BCUT2D eigenvalue weighted by atomic mass is 32.2. The maximum absolute atomic E-state index is 12.7. The van der Waals surface area contributed by atoms with E-state index in [0.717, 1.165) is 11.3 Å². The number of thioether (sulfide) groups is 1. The first-order valence-electron chi connectivity index (χ1n) is 10.2. The van der Waals surface area contributed by atoms with Crippen LogP contribution in [0.5, 0.6) is 11.5 Å². The van der Waals surface area contributed by atoms with Crippen LogP contribution in [-0.2, 0) is 4.79 Å². The number of nitrogens with one attached hydrogen (secondary N) is 1. The van der Waals surface area contributed by atoms with Gasteiger partial charge in [-0.15, -0.1) is 10.2 Å². The van der Waals surface area contributed by atoms with Gasteiger partial charge in [-0.05, 0) is 68.3 Å². The number of carbonyl (C=O) groups is 1. The van der Waals surface area contributed by atoms with E-state index in [1.54, 1.807) is 6.33 Å². The Kier molecular flexibility index (Phi) is 6.56. The molecule has 0 atom stereocenters. The fourth-order valence-electron chi connectivity index (χ4n) is 3.08. The summed E-state index contributed by atoms with van der Waals surface area (Å²) in [5, 5.41) is 11.8. The van der Waals surface area contributed by atoms with Crippen LogP contribution in [0.25, 0.3) is 5.69 Å². The number of ether oxygens (including phenoxy) is 1. The molecule has 6 nitrogen and oxygen atoms in total. The Bertz CT molecular complexity index is 1230. The molecule has 0 unspecified atom stereocenters. The molecule has 1 heterocycles. The second kappa shape index (κ2) is 9.70. The van der Waals surface area contributed by atoms with Crippen LogP contribution < -0.4 is 10.1 Å². The fourth-order valence-corrected chi connectivity index (χ4v) is 3.81. The molecule has 0 fully saturated rings. The third kappa shape index (κ3) is 5.18. The topological polar surface area (TPSA) is 69.0 Å². The SMILES string of the molecule is Cc1ccc(Oc2ccccc2NC(=O)CSc2nncn2-c2ccc(C)c(C)c2)cc1. The number of aromatic nitrogens is 3. The maximum atomic E-state index is 12.7. The van der Waals surface area contributed by atoms with E-state index in [1.807, 2.05) is 66.1 Å². The first-order valence-corrected chi connectivity index (χ1v) is 11.2. The van der Waals surface area contributed by atoms with Crippen LogP contribution in [0.4, 0.5) is 5.69 Å². The van der Waals surface area contributed by atoms with Crippen molar-refractivity contribution in [1.82, 2.24) is 14.8 Å². The van der Waals surface area contributed by atoms with Crippen LogP contribution in [0.1, 0.15) is 16.7 Å². The summed E-state index contributed by atoms with van der Waals surface area (Å²) in [6, 6.07) is 21.3. The predicted octanol–water partition coefficient (Wildman–Crippen LogP) is 5.72. The lowest BCUT2D eigenvalue weighted by Crippen LogP contribution is -2.15. The average Bonchev–Trinajstić information content (AvgIpc) is 3.26. The molecule has 3 aromatic carbocycles. The Morgan fingerprint density at radius 3 is 2.56 bits per heavy atom. The summed E-state index contributed by atoms with van der Waals surface area (Å²) in [5.41, 5.74) is 5.16. The second-order valence-electron chi connectivity index (χ2n) is 7.50. The molecule has 1 amide bonds. The zero-order chi connectivity index (χ0) is 22.5. The standard InChI is InChI=1S/C25H24N4O2S/c1-17-8-12-21(13-9-17)31-23-7-5-4-6-22(23)27-24(30)15-32-25-28-26-16-29(25)20-11-10-18(2)19(3)14-20/h4-14,16H,15H2,1-3H3,(H,27,30). The molecule has 7 heteroatoms. The minimum Gasteiger partial charge on any atom is -0.455 e. The van der Waals surface area contributed by atoms with E-state index in [1.165, 1.54) is 22.9 Å². The number of hydrogen-bond acceptors (Lipinski definition) is 5. The van der Waals surface area contributed by atoms with Crippen LogP contribution in [-0.4, -0.2) is 26.4 Å². The van der Waals surface area contributed by atoms with Crippen molar-refractivity contribution < 1.29 is 9.53 Å². The Hall–Kier alpha value is -3.58. The third-order valence-electron chi connectivity index (χ3n) is 5.03. The highest BCUT2D eigenvalue weighted by molar-refractivity contribution is 7.99. The lowest BCUT2D eigenvalue weighted by atomic mass is 10.1. The molecule has 0 bridgehead atoms. The lowest BCUT2D eigenvalue weighted by Gasteiger charge is -2.12. The number of amides is 1. The number of carbonyl (C=O) groups excluding carboxylic acids is 1.